The molecule has 2 aromatic carbocycles. The second-order valence-corrected chi connectivity index (χ2v) is 5.73. The van der Waals surface area contributed by atoms with Crippen molar-refractivity contribution in [2.75, 3.05) is 0 Å². The van der Waals surface area contributed by atoms with Gasteiger partial charge in [-0.05, 0) is 25.1 Å². The van der Waals surface area contributed by atoms with Gasteiger partial charge in [0.05, 0.1) is 11.1 Å². The number of aromatic nitrogens is 1. The predicted molar refractivity (Wildman–Crippen MR) is 97.6 cm³/mol. The van der Waals surface area contributed by atoms with E-state index in [1.807, 2.05) is 31.2 Å². The molecule has 0 aliphatic carbocycles. The zero-order chi connectivity index (χ0) is 18.7. The number of hydrogen-bond acceptors (Lipinski definition) is 6. The molecule has 0 spiro atoms. The highest BCUT2D eigenvalue weighted by Gasteiger charge is 2.12. The summed E-state index contributed by atoms with van der Waals surface area (Å²) in [7, 11) is 0. The quantitative estimate of drug-likeness (QED) is 0.328. The molecule has 7 heteroatoms. The van der Waals surface area contributed by atoms with Crippen LogP contribution >= 0.6 is 0 Å². The van der Waals surface area contributed by atoms with Gasteiger partial charge in [-0.25, -0.2) is 5.43 Å². The molecule has 0 aliphatic heterocycles. The third-order valence-electron chi connectivity index (χ3n) is 3.87. The first-order chi connectivity index (χ1) is 12.5. The van der Waals surface area contributed by atoms with Crippen LogP contribution in [0.1, 0.15) is 21.6 Å². The number of amides is 1. The number of aromatic hydroxyl groups is 3. The van der Waals surface area contributed by atoms with Gasteiger partial charge in [-0.1, -0.05) is 24.3 Å². The predicted octanol–water partition coefficient (Wildman–Crippen LogP) is 2.62. The molecule has 1 aromatic heterocycles. The molecule has 1 heterocycles. The van der Waals surface area contributed by atoms with Crippen molar-refractivity contribution in [3.05, 3.63) is 59.3 Å². The molecule has 7 nitrogen and oxygen atoms in total. The van der Waals surface area contributed by atoms with Crippen molar-refractivity contribution in [1.82, 2.24) is 10.4 Å². The number of phenols is 3. The van der Waals surface area contributed by atoms with E-state index in [0.29, 0.717) is 11.1 Å². The number of para-hydroxylation sites is 1. The zero-order valence-corrected chi connectivity index (χ0v) is 14.0. The molecule has 4 N–H and O–H groups in total. The van der Waals surface area contributed by atoms with Crippen LogP contribution in [0.2, 0.25) is 0 Å². The van der Waals surface area contributed by atoms with E-state index in [1.54, 1.807) is 6.07 Å². The van der Waals surface area contributed by atoms with Crippen molar-refractivity contribution < 1.29 is 20.1 Å². The molecule has 1 amide bonds. The molecule has 3 aromatic rings. The van der Waals surface area contributed by atoms with Gasteiger partial charge in [0, 0.05) is 29.3 Å². The number of hydrogen-bond donors (Lipinski definition) is 4. The Balaban J connectivity index is 1.74. The summed E-state index contributed by atoms with van der Waals surface area (Å²) < 4.78 is 0. The molecule has 0 radical (unpaired) electrons. The minimum absolute atomic E-state index is 0.163. The first-order valence-electron chi connectivity index (χ1n) is 7.88. The van der Waals surface area contributed by atoms with Crippen LogP contribution in [-0.4, -0.2) is 32.4 Å². The number of phenolic OH excluding ortho intramolecular Hbond substituents is 3. The number of carbonyl (C=O) groups excluding carboxylic acids is 1. The van der Waals surface area contributed by atoms with Gasteiger partial charge >= 0.3 is 0 Å². The molecule has 0 fully saturated rings. The first-order valence-corrected chi connectivity index (χ1v) is 7.88. The van der Waals surface area contributed by atoms with Crippen LogP contribution in [0.4, 0.5) is 0 Å². The average Bonchev–Trinajstić information content (AvgIpc) is 2.64. The summed E-state index contributed by atoms with van der Waals surface area (Å²) in [4.78, 5) is 16.8. The second-order valence-electron chi connectivity index (χ2n) is 5.73. The van der Waals surface area contributed by atoms with Crippen molar-refractivity contribution in [1.29, 1.82) is 0 Å². The van der Waals surface area contributed by atoms with Crippen LogP contribution in [0.25, 0.3) is 10.9 Å². The highest BCUT2D eigenvalue weighted by atomic mass is 16.3. The van der Waals surface area contributed by atoms with Gasteiger partial charge in [-0.15, -0.1) is 0 Å². The minimum Gasteiger partial charge on any atom is -0.504 e. The molecule has 3 rings (SSSR count). The van der Waals surface area contributed by atoms with E-state index in [1.165, 1.54) is 18.3 Å². The van der Waals surface area contributed by atoms with Gasteiger partial charge in [-0.3, -0.25) is 9.78 Å². The Labute approximate surface area is 149 Å². The summed E-state index contributed by atoms with van der Waals surface area (Å²) in [6.07, 6.45) is 1.55. The van der Waals surface area contributed by atoms with Crippen molar-refractivity contribution in [3.63, 3.8) is 0 Å². The first kappa shape index (κ1) is 17.2. The van der Waals surface area contributed by atoms with Crippen LogP contribution in [0.15, 0.2) is 47.6 Å². The van der Waals surface area contributed by atoms with Crippen molar-refractivity contribution in [2.24, 2.45) is 5.10 Å². The van der Waals surface area contributed by atoms with E-state index in [4.69, 9.17) is 0 Å². The van der Waals surface area contributed by atoms with Crippen molar-refractivity contribution in [2.45, 2.75) is 13.3 Å². The van der Waals surface area contributed by atoms with E-state index in [2.05, 4.69) is 15.5 Å². The smallest absolute Gasteiger partial charge is 0.272 e. The van der Waals surface area contributed by atoms with Crippen molar-refractivity contribution in [3.8, 4) is 17.2 Å². The Bertz CT molecular complexity index is 1020. The van der Waals surface area contributed by atoms with Crippen LogP contribution in [0.5, 0.6) is 17.2 Å². The van der Waals surface area contributed by atoms with E-state index in [9.17, 15) is 20.1 Å². The van der Waals surface area contributed by atoms with E-state index in [0.717, 1.165) is 16.6 Å². The number of pyridine rings is 1. The molecule has 0 unspecified atom stereocenters. The van der Waals surface area contributed by atoms with Gasteiger partial charge in [0.1, 0.15) is 0 Å². The fourth-order valence-corrected chi connectivity index (χ4v) is 2.58. The highest BCUT2D eigenvalue weighted by Crippen LogP contribution is 2.36. The van der Waals surface area contributed by atoms with E-state index < -0.39 is 17.2 Å². The molecule has 0 saturated carbocycles. The Morgan fingerprint density at radius 3 is 2.73 bits per heavy atom. The largest absolute Gasteiger partial charge is 0.504 e. The van der Waals surface area contributed by atoms with Crippen LogP contribution in [-0.2, 0) is 6.42 Å². The molecular formula is C19H17N3O4. The Morgan fingerprint density at radius 1 is 1.15 bits per heavy atom. The Morgan fingerprint density at radius 2 is 1.92 bits per heavy atom. The van der Waals surface area contributed by atoms with Gasteiger partial charge in [-0.2, -0.15) is 5.10 Å². The Hall–Kier alpha value is -3.61. The summed E-state index contributed by atoms with van der Waals surface area (Å²) in [6, 6.07) is 11.8. The fourth-order valence-electron chi connectivity index (χ4n) is 2.58. The topological polar surface area (TPSA) is 115 Å². The van der Waals surface area contributed by atoms with Crippen LogP contribution in [0.3, 0.4) is 0 Å². The lowest BCUT2D eigenvalue weighted by atomic mass is 10.1. The van der Waals surface area contributed by atoms with E-state index in [-0.39, 0.29) is 12.3 Å². The van der Waals surface area contributed by atoms with Gasteiger partial charge < -0.3 is 15.3 Å². The van der Waals surface area contributed by atoms with Crippen molar-refractivity contribution >= 4 is 23.0 Å². The van der Waals surface area contributed by atoms with Gasteiger partial charge in [0.2, 0.25) is 5.75 Å². The van der Waals surface area contributed by atoms with Gasteiger partial charge in [0.15, 0.2) is 11.5 Å². The maximum atomic E-state index is 12.4. The number of fused-ring (bicyclic) bond motifs is 1. The van der Waals surface area contributed by atoms with Crippen LogP contribution < -0.4 is 5.43 Å². The monoisotopic (exact) mass is 351 g/mol. The highest BCUT2D eigenvalue weighted by molar-refractivity contribution is 6.06. The second kappa shape index (κ2) is 7.10. The average molecular weight is 351 g/mol. The molecular weight excluding hydrogens is 334 g/mol. The number of nitrogens with zero attached hydrogens (tertiary/aromatic N) is 2. The third-order valence-corrected chi connectivity index (χ3v) is 3.87. The number of carbonyl (C=O) groups is 1. The summed E-state index contributed by atoms with van der Waals surface area (Å²) in [5, 5.41) is 33.1. The molecule has 26 heavy (non-hydrogen) atoms. The van der Waals surface area contributed by atoms with Gasteiger partial charge in [0.25, 0.3) is 5.91 Å². The minimum atomic E-state index is -0.585. The van der Waals surface area contributed by atoms with Crippen LogP contribution in [0, 0.1) is 6.92 Å². The summed E-state index contributed by atoms with van der Waals surface area (Å²) in [6.45, 7) is 1.81. The van der Waals surface area contributed by atoms with E-state index >= 15 is 0 Å². The number of hydrazone groups is 1. The number of nitrogens with one attached hydrogen (secondary N) is 1. The number of benzene rings is 2. The Kier molecular flexibility index (Phi) is 4.70. The number of aryl methyl sites for hydroxylation is 1. The standard InChI is InChI=1S/C19H17N3O4/c1-11-10-14(13-4-2-3-5-15(13)21-11)19(26)22-20-9-8-12-6-7-16(23)18(25)17(12)24/h2-7,9-10,23-25H,8H2,1H3,(H,22,26). The summed E-state index contributed by atoms with van der Waals surface area (Å²) >= 11 is 0. The lowest BCUT2D eigenvalue weighted by molar-refractivity contribution is 0.0956. The molecule has 132 valence electrons. The SMILES string of the molecule is Cc1cc(C(=O)NN=CCc2ccc(O)c(O)c2O)c2ccccc2n1. The summed E-state index contributed by atoms with van der Waals surface area (Å²) in [5.41, 5.74) is 4.73. The summed E-state index contributed by atoms with van der Waals surface area (Å²) in [5.74, 6) is -1.78. The third kappa shape index (κ3) is 3.41. The normalized spacial score (nSPS) is 11.1. The lowest BCUT2D eigenvalue weighted by Crippen LogP contribution is -2.18. The lowest BCUT2D eigenvalue weighted by Gasteiger charge is -2.07. The fraction of sp³-hybridized carbons (Fsp3) is 0.105. The number of rotatable bonds is 4. The zero-order valence-electron chi connectivity index (χ0n) is 14.0. The molecule has 0 atom stereocenters. The molecule has 0 bridgehead atoms. The molecule has 0 aliphatic rings. The maximum Gasteiger partial charge on any atom is 0.272 e. The maximum absolute atomic E-state index is 12.4. The molecule has 0 saturated heterocycles.